The molecule has 3 aliphatic heterocycles. The van der Waals surface area contributed by atoms with Crippen molar-refractivity contribution in [3.05, 3.63) is 53.3 Å². The molecule has 3 aliphatic rings. The maximum atomic E-state index is 13.0. The van der Waals surface area contributed by atoms with E-state index in [0.717, 1.165) is 0 Å². The van der Waals surface area contributed by atoms with Crippen LogP contribution in [0.25, 0.3) is 6.08 Å². The van der Waals surface area contributed by atoms with Gasteiger partial charge < -0.3 is 69.6 Å². The lowest BCUT2D eigenvalue weighted by Gasteiger charge is -2.39. The predicted molar refractivity (Wildman–Crippen MR) is 136 cm³/mol. The van der Waals surface area contributed by atoms with Crippen LogP contribution >= 0.6 is 0 Å². The molecule has 2 aromatic rings. The minimum absolute atomic E-state index is 0.0898. The molecule has 0 unspecified atom stereocenters. The van der Waals surface area contributed by atoms with Gasteiger partial charge in [-0.25, -0.2) is 0 Å². The molecular weight excluding hydrogens is 564 g/mol. The summed E-state index contributed by atoms with van der Waals surface area (Å²) in [6.45, 7) is -1.30. The Labute approximate surface area is 237 Å². The molecule has 2 fully saturated rings. The molecule has 0 amide bonds. The summed E-state index contributed by atoms with van der Waals surface area (Å²) in [7, 11) is 0. The van der Waals surface area contributed by atoms with Crippen molar-refractivity contribution in [1.82, 2.24) is 0 Å². The topological polar surface area (TPSA) is 245 Å². The summed E-state index contributed by atoms with van der Waals surface area (Å²) in [5.41, 5.74) is 0.500. The number of Topliss-reactive ketones (excluding diaryl/α,β-unsaturated/α-hetero) is 1. The molecule has 10 atom stereocenters. The van der Waals surface area contributed by atoms with Crippen molar-refractivity contribution < 1.29 is 74.4 Å². The van der Waals surface area contributed by atoms with Gasteiger partial charge in [0, 0.05) is 6.07 Å². The minimum atomic E-state index is -1.71. The van der Waals surface area contributed by atoms with Gasteiger partial charge in [-0.2, -0.15) is 0 Å². The fourth-order valence-corrected chi connectivity index (χ4v) is 4.70. The minimum Gasteiger partial charge on any atom is -0.504 e. The lowest BCUT2D eigenvalue weighted by atomic mass is 9.99. The maximum absolute atomic E-state index is 13.0. The number of ether oxygens (including phenoxy) is 5. The summed E-state index contributed by atoms with van der Waals surface area (Å²) in [4.78, 5) is 13.0. The Hall–Kier alpha value is -3.35. The SMILES string of the molecule is O=C1/C(=C\c2ccc(O)c(O[C@@H]3O[C@H](CO)[C@@H](O)[C@H](O)[C@H]3O)c2)Oc2cc(O[C@@H]3O[C@H](CO)[C@@H](O)[C@H](O)[C@H]3O)ccc21. The number of aromatic hydroxyl groups is 1. The zero-order valence-corrected chi connectivity index (χ0v) is 21.7. The van der Waals surface area contributed by atoms with Gasteiger partial charge in [0.2, 0.25) is 18.4 Å². The number of phenolic OH excluding ortho intramolecular Hbond substituents is 1. The molecule has 228 valence electrons. The van der Waals surface area contributed by atoms with E-state index in [9.17, 15) is 50.8 Å². The Balaban J connectivity index is 1.31. The Morgan fingerprint density at radius 3 is 1.93 bits per heavy atom. The standard InChI is InChI=1S/C27H30O15/c28-8-17-20(32)22(34)24(36)26(41-17)38-11-2-3-12-14(7-11)39-16(19(12)31)6-10-1-4-13(30)15(5-10)40-27-25(37)23(35)21(33)18(9-29)42-27/h1-7,17-18,20-30,32-37H,8-9H2/b16-6+/t17-,18-,20-,21-,22+,23+,24-,25-,26-,27-/m1/s1. The van der Waals surface area contributed by atoms with Crippen molar-refractivity contribution in [3.8, 4) is 23.0 Å². The van der Waals surface area contributed by atoms with Gasteiger partial charge in [-0.1, -0.05) is 6.07 Å². The number of rotatable bonds is 7. The number of ketones is 1. The van der Waals surface area contributed by atoms with Crippen molar-refractivity contribution in [2.45, 2.75) is 61.4 Å². The zero-order chi connectivity index (χ0) is 30.3. The van der Waals surface area contributed by atoms with Crippen LogP contribution in [0.3, 0.4) is 0 Å². The Morgan fingerprint density at radius 1 is 0.738 bits per heavy atom. The molecule has 15 nitrogen and oxygen atoms in total. The van der Waals surface area contributed by atoms with Crippen LogP contribution in [0.4, 0.5) is 0 Å². The fraction of sp³-hybridized carbons (Fsp3) is 0.444. The van der Waals surface area contributed by atoms with Crippen LogP contribution in [0, 0.1) is 0 Å². The maximum Gasteiger partial charge on any atom is 0.231 e. The second-order valence-electron chi connectivity index (χ2n) is 9.96. The molecule has 42 heavy (non-hydrogen) atoms. The molecular formula is C27H30O15. The van der Waals surface area contributed by atoms with Gasteiger partial charge in [-0.15, -0.1) is 0 Å². The summed E-state index contributed by atoms with van der Waals surface area (Å²) in [5, 5.41) is 89.3. The molecule has 15 heteroatoms. The average molecular weight is 595 g/mol. The molecule has 0 saturated carbocycles. The predicted octanol–water partition coefficient (Wildman–Crippen LogP) is -2.63. The summed E-state index contributed by atoms with van der Waals surface area (Å²) >= 11 is 0. The third-order valence-corrected chi connectivity index (χ3v) is 7.12. The van der Waals surface area contributed by atoms with Gasteiger partial charge >= 0.3 is 0 Å². The molecule has 0 radical (unpaired) electrons. The number of carbonyl (C=O) groups excluding carboxylic acids is 1. The fourth-order valence-electron chi connectivity index (χ4n) is 4.70. The summed E-state index contributed by atoms with van der Waals surface area (Å²) in [6, 6.07) is 8.14. The number of aliphatic hydroxyl groups is 8. The highest BCUT2D eigenvalue weighted by Gasteiger charge is 2.46. The number of hydrogen-bond donors (Lipinski definition) is 9. The van der Waals surface area contributed by atoms with Crippen LogP contribution in [0.2, 0.25) is 0 Å². The Bertz CT molecular complexity index is 1330. The van der Waals surface area contributed by atoms with Crippen molar-refractivity contribution >= 4 is 11.9 Å². The van der Waals surface area contributed by atoms with Crippen LogP contribution in [0.1, 0.15) is 15.9 Å². The van der Waals surface area contributed by atoms with E-state index in [2.05, 4.69) is 0 Å². The summed E-state index contributed by atoms with van der Waals surface area (Å²) in [6.07, 6.45) is -13.9. The Kier molecular flexibility index (Phi) is 8.68. The summed E-state index contributed by atoms with van der Waals surface area (Å²) in [5.74, 6) is -0.983. The van der Waals surface area contributed by atoms with Crippen LogP contribution in [-0.4, -0.2) is 126 Å². The van der Waals surface area contributed by atoms with Gasteiger partial charge in [-0.3, -0.25) is 4.79 Å². The number of phenols is 1. The number of aliphatic hydroxyl groups excluding tert-OH is 8. The third-order valence-electron chi connectivity index (χ3n) is 7.12. The second kappa shape index (κ2) is 12.1. The zero-order valence-electron chi connectivity index (χ0n) is 21.7. The van der Waals surface area contributed by atoms with E-state index >= 15 is 0 Å². The van der Waals surface area contributed by atoms with E-state index in [1.165, 1.54) is 42.5 Å². The second-order valence-corrected chi connectivity index (χ2v) is 9.96. The first kappa shape index (κ1) is 30.1. The molecule has 2 aromatic carbocycles. The normalized spacial score (nSPS) is 35.5. The van der Waals surface area contributed by atoms with Gasteiger partial charge in [0.25, 0.3) is 0 Å². The lowest BCUT2D eigenvalue weighted by Crippen LogP contribution is -2.60. The highest BCUT2D eigenvalue weighted by molar-refractivity contribution is 6.14. The van der Waals surface area contributed by atoms with E-state index in [-0.39, 0.29) is 34.3 Å². The van der Waals surface area contributed by atoms with Crippen molar-refractivity contribution in [1.29, 1.82) is 0 Å². The highest BCUT2D eigenvalue weighted by Crippen LogP contribution is 2.37. The molecule has 0 spiro atoms. The van der Waals surface area contributed by atoms with Gasteiger partial charge in [0.15, 0.2) is 17.3 Å². The number of allylic oxidation sites excluding steroid dienone is 1. The quantitative estimate of drug-likeness (QED) is 0.149. The number of fused-ring (bicyclic) bond motifs is 1. The molecule has 0 aliphatic carbocycles. The number of hydrogen-bond acceptors (Lipinski definition) is 15. The first-order valence-corrected chi connectivity index (χ1v) is 12.9. The number of carbonyl (C=O) groups is 1. The summed E-state index contributed by atoms with van der Waals surface area (Å²) < 4.78 is 27.4. The molecule has 0 bridgehead atoms. The van der Waals surface area contributed by atoms with Gasteiger partial charge in [0.05, 0.1) is 18.8 Å². The van der Waals surface area contributed by atoms with E-state index in [0.29, 0.717) is 5.56 Å². The largest absolute Gasteiger partial charge is 0.504 e. The van der Waals surface area contributed by atoms with Crippen LogP contribution < -0.4 is 14.2 Å². The smallest absolute Gasteiger partial charge is 0.231 e. The van der Waals surface area contributed by atoms with E-state index < -0.39 is 80.4 Å². The van der Waals surface area contributed by atoms with Gasteiger partial charge in [0.1, 0.15) is 60.3 Å². The number of benzene rings is 2. The van der Waals surface area contributed by atoms with E-state index in [1.54, 1.807) is 0 Å². The van der Waals surface area contributed by atoms with E-state index in [1.807, 2.05) is 0 Å². The molecule has 0 aromatic heterocycles. The average Bonchev–Trinajstić information content (AvgIpc) is 3.28. The third kappa shape index (κ3) is 5.67. The first-order valence-electron chi connectivity index (χ1n) is 12.9. The Morgan fingerprint density at radius 2 is 1.33 bits per heavy atom. The van der Waals surface area contributed by atoms with Crippen LogP contribution in [0.5, 0.6) is 23.0 Å². The lowest BCUT2D eigenvalue weighted by molar-refractivity contribution is -0.277. The first-order chi connectivity index (χ1) is 20.0. The highest BCUT2D eigenvalue weighted by atomic mass is 16.7. The van der Waals surface area contributed by atoms with Crippen molar-refractivity contribution in [2.75, 3.05) is 13.2 Å². The molecule has 2 saturated heterocycles. The van der Waals surface area contributed by atoms with Crippen LogP contribution in [0.15, 0.2) is 42.2 Å². The van der Waals surface area contributed by atoms with Crippen molar-refractivity contribution in [2.24, 2.45) is 0 Å². The monoisotopic (exact) mass is 594 g/mol. The van der Waals surface area contributed by atoms with Gasteiger partial charge in [-0.05, 0) is 35.9 Å². The van der Waals surface area contributed by atoms with E-state index in [4.69, 9.17) is 23.7 Å². The molecule has 5 rings (SSSR count). The van der Waals surface area contributed by atoms with Crippen molar-refractivity contribution in [3.63, 3.8) is 0 Å². The van der Waals surface area contributed by atoms with Crippen LogP contribution in [-0.2, 0) is 9.47 Å². The molecule has 3 heterocycles. The molecule has 9 N–H and O–H groups in total.